The number of hydrogen-bond donors (Lipinski definition) is 1. The number of nitrogens with one attached hydrogen (secondary N) is 1. The fourth-order valence-corrected chi connectivity index (χ4v) is 5.09. The van der Waals surface area contributed by atoms with Gasteiger partial charge in [0.2, 0.25) is 5.91 Å². The Labute approximate surface area is 221 Å². The molecule has 0 aliphatic carbocycles. The smallest absolute Gasteiger partial charge is 0.230 e. The zero-order valence-electron chi connectivity index (χ0n) is 20.6. The maximum Gasteiger partial charge on any atom is 0.230 e. The first-order chi connectivity index (χ1) is 16.7. The molecule has 1 heterocycles. The van der Waals surface area contributed by atoms with Crippen molar-refractivity contribution in [1.82, 2.24) is 9.88 Å². The van der Waals surface area contributed by atoms with E-state index in [4.69, 9.17) is 32.7 Å². The molecule has 0 spiro atoms. The van der Waals surface area contributed by atoms with Crippen LogP contribution in [0.5, 0.6) is 11.5 Å². The van der Waals surface area contributed by atoms with E-state index in [-0.39, 0.29) is 12.3 Å². The van der Waals surface area contributed by atoms with Gasteiger partial charge in [0, 0.05) is 41.3 Å². The molecule has 0 atom stereocenters. The van der Waals surface area contributed by atoms with Gasteiger partial charge in [-0.3, -0.25) is 9.69 Å². The third kappa shape index (κ3) is 7.34. The molecule has 9 heteroatoms. The van der Waals surface area contributed by atoms with Gasteiger partial charge in [0.15, 0.2) is 11.5 Å². The maximum atomic E-state index is 12.7. The topological polar surface area (TPSA) is 63.7 Å². The molecule has 0 aliphatic rings. The van der Waals surface area contributed by atoms with Crippen LogP contribution in [0.3, 0.4) is 0 Å². The summed E-state index contributed by atoms with van der Waals surface area (Å²) in [5, 5.41) is 6.41. The molecule has 3 aromatic rings. The first-order valence-corrected chi connectivity index (χ1v) is 13.1. The predicted octanol–water partition coefficient (Wildman–Crippen LogP) is 6.80. The zero-order valence-corrected chi connectivity index (χ0v) is 22.9. The highest BCUT2D eigenvalue weighted by Gasteiger charge is 2.16. The van der Waals surface area contributed by atoms with Crippen LogP contribution in [0.15, 0.2) is 41.8 Å². The van der Waals surface area contributed by atoms with Crippen molar-refractivity contribution in [1.29, 1.82) is 0 Å². The lowest BCUT2D eigenvalue weighted by Crippen LogP contribution is -2.39. The van der Waals surface area contributed by atoms with E-state index in [2.05, 4.69) is 42.9 Å². The molecule has 0 unspecified atom stereocenters. The Hall–Kier alpha value is -2.32. The lowest BCUT2D eigenvalue weighted by molar-refractivity contribution is -0.115. The van der Waals surface area contributed by atoms with Crippen LogP contribution in [0, 0.1) is 0 Å². The molecule has 6 nitrogen and oxygen atoms in total. The second-order valence-corrected chi connectivity index (χ2v) is 10.3. The summed E-state index contributed by atoms with van der Waals surface area (Å²) in [4.78, 5) is 19.6. The zero-order chi connectivity index (χ0) is 25.5. The largest absolute Gasteiger partial charge is 0.493 e. The molecule has 1 aromatic heterocycles. The monoisotopic (exact) mass is 535 g/mol. The number of carbonyl (C=O) groups is 1. The van der Waals surface area contributed by atoms with E-state index in [1.165, 1.54) is 11.3 Å². The molecule has 1 N–H and O–H groups in total. The molecule has 0 fully saturated rings. The normalized spacial score (nSPS) is 11.4. The van der Waals surface area contributed by atoms with Gasteiger partial charge in [0.25, 0.3) is 0 Å². The average molecular weight is 537 g/mol. The van der Waals surface area contributed by atoms with Crippen molar-refractivity contribution in [3.63, 3.8) is 0 Å². The number of carbonyl (C=O) groups excluding carboxylic acids is 1. The second kappa shape index (κ2) is 12.6. The van der Waals surface area contributed by atoms with Crippen LogP contribution in [0.25, 0.3) is 10.6 Å². The molecule has 188 valence electrons. The summed E-state index contributed by atoms with van der Waals surface area (Å²) >= 11 is 13.8. The number of thiazole rings is 1. The Bertz CT molecular complexity index is 1140. The van der Waals surface area contributed by atoms with Crippen LogP contribution in [0.1, 0.15) is 33.4 Å². The summed E-state index contributed by atoms with van der Waals surface area (Å²) < 4.78 is 11.5. The first-order valence-electron chi connectivity index (χ1n) is 11.4. The number of hydrogen-bond acceptors (Lipinski definition) is 6. The number of ether oxygens (including phenoxy) is 2. The minimum Gasteiger partial charge on any atom is -0.493 e. The summed E-state index contributed by atoms with van der Waals surface area (Å²) in [7, 11) is 1.60. The Morgan fingerprint density at radius 3 is 2.54 bits per heavy atom. The summed E-state index contributed by atoms with van der Waals surface area (Å²) in [6, 6.07) is 11.6. The number of anilines is 1. The highest BCUT2D eigenvalue weighted by molar-refractivity contribution is 7.13. The highest BCUT2D eigenvalue weighted by atomic mass is 35.5. The number of methoxy groups -OCH3 is 1. The number of halogens is 2. The SMILES string of the molecule is COc1ccc(NC(=O)Cc2csc(-c3cccc(Cl)c3Cl)n2)cc1OCCN(C(C)C)C(C)C. The van der Waals surface area contributed by atoms with E-state index in [1.54, 1.807) is 31.4 Å². The molecule has 0 saturated carbocycles. The van der Waals surface area contributed by atoms with Crippen molar-refractivity contribution in [3.05, 3.63) is 57.5 Å². The third-order valence-corrected chi connectivity index (χ3v) is 7.20. The van der Waals surface area contributed by atoms with Crippen molar-refractivity contribution in [3.8, 4) is 22.1 Å². The van der Waals surface area contributed by atoms with Gasteiger partial charge in [-0.1, -0.05) is 35.3 Å². The van der Waals surface area contributed by atoms with E-state index in [0.29, 0.717) is 51.6 Å². The van der Waals surface area contributed by atoms with Gasteiger partial charge in [-0.25, -0.2) is 4.98 Å². The number of benzene rings is 2. The fourth-order valence-electron chi connectivity index (χ4n) is 3.79. The van der Waals surface area contributed by atoms with E-state index in [1.807, 2.05) is 17.5 Å². The average Bonchev–Trinajstić information content (AvgIpc) is 3.26. The summed E-state index contributed by atoms with van der Waals surface area (Å²) in [6.07, 6.45) is 0.134. The summed E-state index contributed by atoms with van der Waals surface area (Å²) in [5.74, 6) is 1.02. The summed E-state index contributed by atoms with van der Waals surface area (Å²) in [5.41, 5.74) is 2.04. The van der Waals surface area contributed by atoms with E-state index >= 15 is 0 Å². The fraction of sp³-hybridized carbons (Fsp3) is 0.385. The quantitative estimate of drug-likeness (QED) is 0.292. The number of rotatable bonds is 11. The molecule has 1 amide bonds. The molecule has 0 radical (unpaired) electrons. The van der Waals surface area contributed by atoms with Gasteiger partial charge >= 0.3 is 0 Å². The number of amides is 1. The van der Waals surface area contributed by atoms with Crippen LogP contribution >= 0.6 is 34.5 Å². The van der Waals surface area contributed by atoms with Gasteiger partial charge in [-0.15, -0.1) is 11.3 Å². The van der Waals surface area contributed by atoms with Gasteiger partial charge in [0.1, 0.15) is 11.6 Å². The van der Waals surface area contributed by atoms with Crippen molar-refractivity contribution in [2.75, 3.05) is 25.6 Å². The van der Waals surface area contributed by atoms with E-state index in [0.717, 1.165) is 17.1 Å². The maximum absolute atomic E-state index is 12.7. The van der Waals surface area contributed by atoms with Crippen molar-refractivity contribution >= 4 is 46.1 Å². The Morgan fingerprint density at radius 2 is 1.86 bits per heavy atom. The summed E-state index contributed by atoms with van der Waals surface area (Å²) in [6.45, 7) is 9.99. The van der Waals surface area contributed by atoms with Crippen LogP contribution in [-0.4, -0.2) is 48.1 Å². The van der Waals surface area contributed by atoms with E-state index in [9.17, 15) is 4.79 Å². The molecular weight excluding hydrogens is 505 g/mol. The standard InChI is InChI=1S/C26H31Cl2N3O3S/c1-16(2)31(17(3)4)11-12-34-23-13-18(9-10-22(23)33-5)29-24(32)14-19-15-35-26(30-19)20-7-6-8-21(27)25(20)28/h6-10,13,15-17H,11-12,14H2,1-5H3,(H,29,32). The Morgan fingerprint density at radius 1 is 1.11 bits per heavy atom. The van der Waals surface area contributed by atoms with E-state index < -0.39 is 0 Å². The lowest BCUT2D eigenvalue weighted by atomic mass is 10.2. The molecule has 0 bridgehead atoms. The predicted molar refractivity (Wildman–Crippen MR) is 145 cm³/mol. The van der Waals surface area contributed by atoms with Gasteiger partial charge in [0.05, 0.1) is 29.3 Å². The number of aromatic nitrogens is 1. The Balaban J connectivity index is 1.63. The van der Waals surface area contributed by atoms with Crippen molar-refractivity contribution in [2.24, 2.45) is 0 Å². The van der Waals surface area contributed by atoms with Crippen LogP contribution in [0.2, 0.25) is 10.0 Å². The van der Waals surface area contributed by atoms with Gasteiger partial charge < -0.3 is 14.8 Å². The second-order valence-electron chi connectivity index (χ2n) is 8.61. The minimum atomic E-state index is -0.180. The molecule has 3 rings (SSSR count). The van der Waals surface area contributed by atoms with Gasteiger partial charge in [-0.2, -0.15) is 0 Å². The minimum absolute atomic E-state index is 0.134. The third-order valence-electron chi connectivity index (χ3n) is 5.46. The van der Waals surface area contributed by atoms with Crippen LogP contribution in [-0.2, 0) is 11.2 Å². The highest BCUT2D eigenvalue weighted by Crippen LogP contribution is 2.35. The lowest BCUT2D eigenvalue weighted by Gasteiger charge is -2.30. The van der Waals surface area contributed by atoms with Crippen molar-refractivity contribution in [2.45, 2.75) is 46.2 Å². The van der Waals surface area contributed by atoms with Crippen molar-refractivity contribution < 1.29 is 14.3 Å². The number of nitrogens with zero attached hydrogens (tertiary/aromatic N) is 2. The molecule has 0 aliphatic heterocycles. The molecule has 2 aromatic carbocycles. The van der Waals surface area contributed by atoms with Gasteiger partial charge in [-0.05, 0) is 45.9 Å². The first kappa shape index (κ1) is 27.3. The Kier molecular flexibility index (Phi) is 9.80. The van der Waals surface area contributed by atoms with Crippen LogP contribution < -0.4 is 14.8 Å². The molecular formula is C26H31Cl2N3O3S. The molecule has 35 heavy (non-hydrogen) atoms. The molecule has 0 saturated heterocycles. The van der Waals surface area contributed by atoms with Crippen LogP contribution in [0.4, 0.5) is 5.69 Å².